The molecule has 0 aliphatic heterocycles. The Bertz CT molecular complexity index is 250. The lowest BCUT2D eigenvalue weighted by molar-refractivity contribution is 0.153. The van der Waals surface area contributed by atoms with Gasteiger partial charge in [0.05, 0.1) is 0 Å². The average Bonchev–Trinajstić information content (AvgIpc) is 2.19. The lowest BCUT2D eigenvalue weighted by Crippen LogP contribution is -2.42. The fourth-order valence-corrected chi connectivity index (χ4v) is 3.24. The fourth-order valence-electron chi connectivity index (χ4n) is 2.04. The molecular weight excluding hydrogens is 237 g/mol. The molecule has 0 aliphatic carbocycles. The number of hydrogen-bond donors (Lipinski definition) is 2. The first kappa shape index (κ1) is 17.1. The van der Waals surface area contributed by atoms with Crippen LogP contribution in [0.4, 0.5) is 0 Å². The predicted octanol–water partition coefficient (Wildman–Crippen LogP) is 3.54. The van der Waals surface area contributed by atoms with Crippen LogP contribution in [0.15, 0.2) is 0 Å². The summed E-state index contributed by atoms with van der Waals surface area (Å²) in [6.45, 7) is 8.51. The second kappa shape index (κ2) is 7.52. The molecule has 104 valence electrons. The van der Waals surface area contributed by atoms with Crippen LogP contribution in [0.3, 0.4) is 0 Å². The second-order valence-electron chi connectivity index (χ2n) is 5.26. The van der Waals surface area contributed by atoms with Gasteiger partial charge in [-0.05, 0) is 26.7 Å². The summed E-state index contributed by atoms with van der Waals surface area (Å²) in [6.07, 6.45) is 5.79. The largest absolute Gasteiger partial charge is 0.403 e. The predicted molar refractivity (Wildman–Crippen MR) is 71.9 cm³/mol. The number of nitrogens with zero attached hydrogens (tertiary/aromatic N) is 1. The molecule has 0 heterocycles. The Hall–Kier alpha value is 0.110. The maximum Gasteiger partial charge on any atom is 0.403 e. The number of unbranched alkanes of at least 4 members (excludes halogenated alkanes) is 3. The van der Waals surface area contributed by atoms with E-state index >= 15 is 0 Å². The van der Waals surface area contributed by atoms with Gasteiger partial charge in [0.15, 0.2) is 0 Å². The molecule has 0 unspecified atom stereocenters. The zero-order valence-electron chi connectivity index (χ0n) is 11.6. The van der Waals surface area contributed by atoms with Crippen molar-refractivity contribution < 1.29 is 14.4 Å². The zero-order valence-corrected chi connectivity index (χ0v) is 12.5. The molecule has 0 aliphatic rings. The molecule has 0 aromatic rings. The molecule has 0 aromatic carbocycles. The molecule has 0 saturated carbocycles. The van der Waals surface area contributed by atoms with Gasteiger partial charge >= 0.3 is 7.75 Å². The normalized spacial score (nSPS) is 13.4. The Labute approximate surface area is 106 Å². The maximum atomic E-state index is 11.6. The van der Waals surface area contributed by atoms with Crippen molar-refractivity contribution in [1.29, 1.82) is 0 Å². The molecule has 0 rings (SSSR count). The molecule has 2 N–H and O–H groups in total. The summed E-state index contributed by atoms with van der Waals surface area (Å²) in [7, 11) is -4.14. The van der Waals surface area contributed by atoms with E-state index in [1.807, 2.05) is 13.8 Å². The highest BCUT2D eigenvalue weighted by Crippen LogP contribution is 2.46. The molecule has 0 amide bonds. The molecule has 17 heavy (non-hydrogen) atoms. The quantitative estimate of drug-likeness (QED) is 0.494. The second-order valence-corrected chi connectivity index (χ2v) is 6.77. The monoisotopic (exact) mass is 265 g/mol. The van der Waals surface area contributed by atoms with Gasteiger partial charge in [-0.25, -0.2) is 9.24 Å². The van der Waals surface area contributed by atoms with Crippen molar-refractivity contribution in [1.82, 2.24) is 4.67 Å². The van der Waals surface area contributed by atoms with Gasteiger partial charge in [0.1, 0.15) is 0 Å². The van der Waals surface area contributed by atoms with Crippen molar-refractivity contribution in [3.8, 4) is 0 Å². The minimum Gasteiger partial charge on any atom is -0.312 e. The first-order valence-corrected chi connectivity index (χ1v) is 8.16. The van der Waals surface area contributed by atoms with Crippen LogP contribution in [-0.2, 0) is 4.57 Å². The van der Waals surface area contributed by atoms with Gasteiger partial charge in [0.2, 0.25) is 0 Å². The molecule has 0 aromatic heterocycles. The van der Waals surface area contributed by atoms with E-state index in [2.05, 4.69) is 13.8 Å². The summed E-state index contributed by atoms with van der Waals surface area (Å²) in [6, 6.07) is 0. The van der Waals surface area contributed by atoms with Crippen molar-refractivity contribution in [3.63, 3.8) is 0 Å². The van der Waals surface area contributed by atoms with Crippen LogP contribution in [0, 0.1) is 0 Å². The fraction of sp³-hybridized carbons (Fsp3) is 1.00. The van der Waals surface area contributed by atoms with Crippen LogP contribution in [0.1, 0.15) is 66.2 Å². The summed E-state index contributed by atoms with van der Waals surface area (Å²) >= 11 is 0. The van der Waals surface area contributed by atoms with E-state index in [4.69, 9.17) is 0 Å². The summed E-state index contributed by atoms with van der Waals surface area (Å²) < 4.78 is 12.9. The van der Waals surface area contributed by atoms with E-state index in [0.29, 0.717) is 6.54 Å². The van der Waals surface area contributed by atoms with Gasteiger partial charge in [-0.3, -0.25) is 0 Å². The molecule has 4 nitrogen and oxygen atoms in total. The molecule has 0 atom stereocenters. The topological polar surface area (TPSA) is 60.8 Å². The molecule has 0 fully saturated rings. The van der Waals surface area contributed by atoms with Crippen LogP contribution < -0.4 is 0 Å². The summed E-state index contributed by atoms with van der Waals surface area (Å²) in [5.41, 5.74) is -0.428. The highest BCUT2D eigenvalue weighted by molar-refractivity contribution is 7.49. The van der Waals surface area contributed by atoms with E-state index in [9.17, 15) is 14.4 Å². The van der Waals surface area contributed by atoms with Gasteiger partial charge < -0.3 is 9.79 Å². The van der Waals surface area contributed by atoms with Crippen LogP contribution in [0.2, 0.25) is 0 Å². The standard InChI is InChI=1S/C12H28NO3P/c1-5-7-9-11-13(17(14,15)16)12(3,4)10-8-6-2/h5-11H2,1-4H3,(H2,14,15,16). The Balaban J connectivity index is 4.61. The van der Waals surface area contributed by atoms with Crippen molar-refractivity contribution >= 4 is 7.75 Å². The smallest absolute Gasteiger partial charge is 0.312 e. The lowest BCUT2D eigenvalue weighted by atomic mass is 9.97. The third-order valence-electron chi connectivity index (χ3n) is 3.13. The lowest BCUT2D eigenvalue weighted by Gasteiger charge is -2.38. The van der Waals surface area contributed by atoms with E-state index in [1.54, 1.807) is 0 Å². The Kier molecular flexibility index (Phi) is 7.57. The van der Waals surface area contributed by atoms with Crippen LogP contribution >= 0.6 is 7.75 Å². The minimum absolute atomic E-state index is 0.428. The van der Waals surface area contributed by atoms with Gasteiger partial charge in [0, 0.05) is 12.1 Å². The van der Waals surface area contributed by atoms with E-state index in [-0.39, 0.29) is 0 Å². The first-order chi connectivity index (χ1) is 7.75. The van der Waals surface area contributed by atoms with Crippen molar-refractivity contribution in [2.75, 3.05) is 6.54 Å². The molecular formula is C12H28NO3P. The van der Waals surface area contributed by atoms with Gasteiger partial charge in [0.25, 0.3) is 0 Å². The van der Waals surface area contributed by atoms with Gasteiger partial charge in [-0.1, -0.05) is 39.5 Å². The average molecular weight is 265 g/mol. The van der Waals surface area contributed by atoms with Crippen LogP contribution in [-0.4, -0.2) is 26.5 Å². The highest BCUT2D eigenvalue weighted by Gasteiger charge is 2.37. The Morgan fingerprint density at radius 1 is 1.06 bits per heavy atom. The van der Waals surface area contributed by atoms with Crippen molar-refractivity contribution in [3.05, 3.63) is 0 Å². The summed E-state index contributed by atoms with van der Waals surface area (Å²) in [5, 5.41) is 0. The van der Waals surface area contributed by atoms with E-state index in [0.717, 1.165) is 38.5 Å². The Morgan fingerprint density at radius 3 is 2.00 bits per heavy atom. The highest BCUT2D eigenvalue weighted by atomic mass is 31.2. The molecule has 5 heteroatoms. The minimum atomic E-state index is -4.14. The molecule has 0 bridgehead atoms. The van der Waals surface area contributed by atoms with Crippen LogP contribution in [0.25, 0.3) is 0 Å². The van der Waals surface area contributed by atoms with Gasteiger partial charge in [-0.15, -0.1) is 0 Å². The van der Waals surface area contributed by atoms with Gasteiger partial charge in [-0.2, -0.15) is 0 Å². The number of rotatable bonds is 9. The van der Waals surface area contributed by atoms with E-state index < -0.39 is 13.3 Å². The van der Waals surface area contributed by atoms with Crippen molar-refractivity contribution in [2.45, 2.75) is 71.8 Å². The molecule has 0 radical (unpaired) electrons. The zero-order chi connectivity index (χ0) is 13.5. The first-order valence-electron chi connectivity index (χ1n) is 6.59. The third kappa shape index (κ3) is 6.56. The number of hydrogen-bond acceptors (Lipinski definition) is 1. The third-order valence-corrected chi connectivity index (χ3v) is 4.50. The maximum absolute atomic E-state index is 11.6. The van der Waals surface area contributed by atoms with E-state index in [1.165, 1.54) is 4.67 Å². The van der Waals surface area contributed by atoms with Crippen molar-refractivity contribution in [2.24, 2.45) is 0 Å². The summed E-state index contributed by atoms with van der Waals surface area (Å²) in [4.78, 5) is 18.9. The molecule has 0 spiro atoms. The molecule has 0 saturated heterocycles. The SMILES string of the molecule is CCCCCN(C(C)(C)CCCC)P(=O)(O)O. The summed E-state index contributed by atoms with van der Waals surface area (Å²) in [5.74, 6) is 0. The Morgan fingerprint density at radius 2 is 1.59 bits per heavy atom. The van der Waals surface area contributed by atoms with Crippen LogP contribution in [0.5, 0.6) is 0 Å².